The fourth-order valence-electron chi connectivity index (χ4n) is 4.10. The number of carbonyl (C=O) groups excluding carboxylic acids is 2. The summed E-state index contributed by atoms with van der Waals surface area (Å²) in [6, 6.07) is 24.3. The lowest BCUT2D eigenvalue weighted by atomic mass is 9.98. The van der Waals surface area contributed by atoms with Crippen LogP contribution in [0.1, 0.15) is 35.1 Å². The molecule has 1 aliphatic carbocycles. The van der Waals surface area contributed by atoms with E-state index in [2.05, 4.69) is 29.6 Å². The van der Waals surface area contributed by atoms with Crippen LogP contribution in [0.15, 0.2) is 78.9 Å². The smallest absolute Gasteiger partial charge is 0.407 e. The van der Waals surface area contributed by atoms with Gasteiger partial charge in [-0.15, -0.1) is 0 Å². The first-order chi connectivity index (χ1) is 15.1. The standard InChI is InChI=1S/C27H25NO3/c1-19(29)17-21-10-3-2-9-20(21)11-8-16-28-27(30)31-18-26-24-14-6-4-12-22(24)23-13-5-7-15-25(23)26/h2-15,26H,16-18H2,1H3,(H,28,30). The fourth-order valence-corrected chi connectivity index (χ4v) is 4.10. The zero-order valence-corrected chi connectivity index (χ0v) is 17.5. The van der Waals surface area contributed by atoms with Crippen LogP contribution in [0, 0.1) is 0 Å². The predicted octanol–water partition coefficient (Wildman–Crippen LogP) is 5.37. The maximum Gasteiger partial charge on any atom is 0.407 e. The van der Waals surface area contributed by atoms with Gasteiger partial charge in [0.15, 0.2) is 0 Å². The van der Waals surface area contributed by atoms with Crippen LogP contribution in [0.2, 0.25) is 0 Å². The summed E-state index contributed by atoms with van der Waals surface area (Å²) in [6.45, 7) is 2.23. The summed E-state index contributed by atoms with van der Waals surface area (Å²) in [6.07, 6.45) is 3.74. The maximum absolute atomic E-state index is 12.2. The summed E-state index contributed by atoms with van der Waals surface area (Å²) in [7, 11) is 0. The van der Waals surface area contributed by atoms with Gasteiger partial charge in [-0.25, -0.2) is 4.79 Å². The molecule has 3 aromatic rings. The lowest BCUT2D eigenvalue weighted by Gasteiger charge is -2.14. The van der Waals surface area contributed by atoms with E-state index < -0.39 is 6.09 Å². The van der Waals surface area contributed by atoms with Crippen LogP contribution < -0.4 is 5.32 Å². The van der Waals surface area contributed by atoms with Crippen LogP contribution in [-0.2, 0) is 16.0 Å². The van der Waals surface area contributed by atoms with Crippen LogP contribution in [-0.4, -0.2) is 25.0 Å². The number of Topliss-reactive ketones (excluding diaryl/α,β-unsaturated/α-hetero) is 1. The largest absolute Gasteiger partial charge is 0.449 e. The van der Waals surface area contributed by atoms with Gasteiger partial charge in [-0.1, -0.05) is 84.9 Å². The van der Waals surface area contributed by atoms with Crippen LogP contribution >= 0.6 is 0 Å². The Morgan fingerprint density at radius 2 is 1.52 bits per heavy atom. The number of hydrogen-bond donors (Lipinski definition) is 1. The first kappa shape index (κ1) is 20.6. The second-order valence-electron chi connectivity index (χ2n) is 7.69. The number of amides is 1. The molecule has 1 amide bonds. The van der Waals surface area contributed by atoms with Gasteiger partial charge in [0.1, 0.15) is 12.4 Å². The Morgan fingerprint density at radius 1 is 0.903 bits per heavy atom. The van der Waals surface area contributed by atoms with Crippen LogP contribution in [0.25, 0.3) is 17.2 Å². The Balaban J connectivity index is 1.33. The molecule has 0 atom stereocenters. The molecule has 0 heterocycles. The van der Waals surface area contributed by atoms with Gasteiger partial charge < -0.3 is 10.1 Å². The molecule has 4 heteroatoms. The van der Waals surface area contributed by atoms with Crippen molar-refractivity contribution in [1.29, 1.82) is 0 Å². The Kier molecular flexibility index (Phi) is 6.27. The first-order valence-corrected chi connectivity index (χ1v) is 10.5. The molecule has 1 aliphatic rings. The highest BCUT2D eigenvalue weighted by atomic mass is 16.5. The molecule has 0 saturated carbocycles. The molecule has 31 heavy (non-hydrogen) atoms. The van der Waals surface area contributed by atoms with Crippen molar-refractivity contribution in [3.63, 3.8) is 0 Å². The number of carbonyl (C=O) groups is 2. The van der Waals surface area contributed by atoms with Crippen molar-refractivity contribution >= 4 is 18.0 Å². The topological polar surface area (TPSA) is 55.4 Å². The number of benzene rings is 3. The minimum absolute atomic E-state index is 0.0483. The van der Waals surface area contributed by atoms with Gasteiger partial charge in [0.05, 0.1) is 0 Å². The van der Waals surface area contributed by atoms with E-state index in [1.165, 1.54) is 22.3 Å². The number of ether oxygens (including phenoxy) is 1. The summed E-state index contributed by atoms with van der Waals surface area (Å²) in [5.41, 5.74) is 6.76. The summed E-state index contributed by atoms with van der Waals surface area (Å²) >= 11 is 0. The molecule has 0 saturated heterocycles. The SMILES string of the molecule is CC(=O)Cc1ccccc1C=CCNC(=O)OCC1c2ccccc2-c2ccccc21. The van der Waals surface area contributed by atoms with E-state index in [9.17, 15) is 9.59 Å². The molecule has 4 nitrogen and oxygen atoms in total. The average molecular weight is 412 g/mol. The van der Waals surface area contributed by atoms with Crippen molar-refractivity contribution in [2.45, 2.75) is 19.3 Å². The molecule has 0 aliphatic heterocycles. The van der Waals surface area contributed by atoms with E-state index in [0.717, 1.165) is 11.1 Å². The lowest BCUT2D eigenvalue weighted by Crippen LogP contribution is -2.26. The van der Waals surface area contributed by atoms with Crippen LogP contribution in [0.5, 0.6) is 0 Å². The summed E-state index contributed by atoms with van der Waals surface area (Å²) in [5, 5.41) is 2.77. The van der Waals surface area contributed by atoms with E-state index >= 15 is 0 Å². The van der Waals surface area contributed by atoms with Gasteiger partial charge >= 0.3 is 6.09 Å². The van der Waals surface area contributed by atoms with Crippen molar-refractivity contribution in [3.8, 4) is 11.1 Å². The number of rotatable bonds is 7. The molecule has 0 spiro atoms. The molecule has 0 aromatic heterocycles. The third-order valence-corrected chi connectivity index (χ3v) is 5.50. The summed E-state index contributed by atoms with van der Waals surface area (Å²) in [5.74, 6) is 0.171. The van der Waals surface area contributed by atoms with E-state index in [1.54, 1.807) is 6.92 Å². The summed E-state index contributed by atoms with van der Waals surface area (Å²) in [4.78, 5) is 23.7. The Bertz CT molecular complexity index is 1090. The number of hydrogen-bond acceptors (Lipinski definition) is 3. The molecule has 0 bridgehead atoms. The van der Waals surface area contributed by atoms with Crippen molar-refractivity contribution in [1.82, 2.24) is 5.32 Å². The fraction of sp³-hybridized carbons (Fsp3) is 0.185. The number of fused-ring (bicyclic) bond motifs is 3. The molecule has 4 rings (SSSR count). The highest BCUT2D eigenvalue weighted by Gasteiger charge is 2.28. The number of nitrogens with one attached hydrogen (secondary N) is 1. The third kappa shape index (κ3) is 4.75. The monoisotopic (exact) mass is 411 g/mol. The predicted molar refractivity (Wildman–Crippen MR) is 123 cm³/mol. The van der Waals surface area contributed by atoms with Gasteiger partial charge in [-0.3, -0.25) is 4.79 Å². The Morgan fingerprint density at radius 3 is 2.19 bits per heavy atom. The number of alkyl carbamates (subject to hydrolysis) is 1. The summed E-state index contributed by atoms with van der Waals surface area (Å²) < 4.78 is 5.54. The maximum atomic E-state index is 12.2. The molecule has 0 radical (unpaired) electrons. The molecular formula is C27H25NO3. The third-order valence-electron chi connectivity index (χ3n) is 5.50. The van der Waals surface area contributed by atoms with Crippen molar-refractivity contribution < 1.29 is 14.3 Å². The molecule has 3 aromatic carbocycles. The van der Waals surface area contributed by atoms with Crippen molar-refractivity contribution in [2.24, 2.45) is 0 Å². The zero-order valence-electron chi connectivity index (χ0n) is 17.5. The van der Waals surface area contributed by atoms with Crippen molar-refractivity contribution in [3.05, 3.63) is 101 Å². The average Bonchev–Trinajstić information content (AvgIpc) is 3.10. The Labute approximate surface area is 182 Å². The zero-order chi connectivity index (χ0) is 21.6. The first-order valence-electron chi connectivity index (χ1n) is 10.5. The lowest BCUT2D eigenvalue weighted by molar-refractivity contribution is -0.116. The second kappa shape index (κ2) is 9.43. The molecule has 156 valence electrons. The second-order valence-corrected chi connectivity index (χ2v) is 7.69. The number of ketones is 1. The van der Waals surface area contributed by atoms with Gasteiger partial charge in [0.25, 0.3) is 0 Å². The highest BCUT2D eigenvalue weighted by Crippen LogP contribution is 2.44. The van der Waals surface area contributed by atoms with Gasteiger partial charge in [0, 0.05) is 18.9 Å². The molecular weight excluding hydrogens is 386 g/mol. The van der Waals surface area contributed by atoms with Crippen LogP contribution in [0.3, 0.4) is 0 Å². The molecule has 0 unspecified atom stereocenters. The molecule has 0 fully saturated rings. The quantitative estimate of drug-likeness (QED) is 0.569. The van der Waals surface area contributed by atoms with E-state index in [0.29, 0.717) is 19.6 Å². The van der Waals surface area contributed by atoms with E-state index in [1.807, 2.05) is 60.7 Å². The Hall–Kier alpha value is -3.66. The normalized spacial score (nSPS) is 12.4. The van der Waals surface area contributed by atoms with E-state index in [-0.39, 0.29) is 11.7 Å². The van der Waals surface area contributed by atoms with Gasteiger partial charge in [-0.05, 0) is 40.3 Å². The minimum atomic E-state index is -0.441. The highest BCUT2D eigenvalue weighted by molar-refractivity contribution is 5.80. The van der Waals surface area contributed by atoms with Gasteiger partial charge in [-0.2, -0.15) is 0 Å². The minimum Gasteiger partial charge on any atom is -0.449 e. The molecule has 1 N–H and O–H groups in total. The van der Waals surface area contributed by atoms with E-state index in [4.69, 9.17) is 4.74 Å². The van der Waals surface area contributed by atoms with Gasteiger partial charge in [0.2, 0.25) is 0 Å². The van der Waals surface area contributed by atoms with Crippen molar-refractivity contribution in [2.75, 3.05) is 13.2 Å². The van der Waals surface area contributed by atoms with Crippen LogP contribution in [0.4, 0.5) is 4.79 Å².